The van der Waals surface area contributed by atoms with Gasteiger partial charge in [0.25, 0.3) is 5.91 Å². The smallest absolute Gasteiger partial charge is 0.325 e. The van der Waals surface area contributed by atoms with Gasteiger partial charge < -0.3 is 23.8 Å². The third-order valence-corrected chi connectivity index (χ3v) is 7.43. The summed E-state index contributed by atoms with van der Waals surface area (Å²) in [6.45, 7) is 2.39. The van der Waals surface area contributed by atoms with E-state index in [4.69, 9.17) is 31.2 Å². The number of benzene rings is 3. The number of carbonyl (C=O) groups is 2. The van der Waals surface area contributed by atoms with E-state index >= 15 is 0 Å². The molecule has 0 atom stereocenters. The molecule has 208 valence electrons. The number of ether oxygens (including phenoxy) is 4. The van der Waals surface area contributed by atoms with Gasteiger partial charge in [-0.15, -0.1) is 0 Å². The number of hydrogen-bond donors (Lipinski definition) is 0. The van der Waals surface area contributed by atoms with E-state index in [2.05, 4.69) is 31.9 Å². The fourth-order valence-corrected chi connectivity index (χ4v) is 5.14. The molecule has 0 aromatic heterocycles. The lowest BCUT2D eigenvalue weighted by Crippen LogP contribution is -2.35. The van der Waals surface area contributed by atoms with E-state index in [1.807, 2.05) is 37.3 Å². The van der Waals surface area contributed by atoms with E-state index in [1.54, 1.807) is 43.5 Å². The summed E-state index contributed by atoms with van der Waals surface area (Å²) >= 11 is 12.7. The minimum atomic E-state index is -0.537. The third-order valence-electron chi connectivity index (χ3n) is 5.91. The predicted octanol–water partition coefficient (Wildman–Crippen LogP) is 6.35. The molecule has 1 saturated heterocycles. The number of thiocarbonyl (C=S) groups is 1. The number of hydrogen-bond acceptors (Lipinski definition) is 7. The Morgan fingerprint density at radius 3 is 2.33 bits per heavy atom. The normalized spacial score (nSPS) is 14.1. The van der Waals surface area contributed by atoms with Crippen LogP contribution in [0.25, 0.3) is 6.08 Å². The summed E-state index contributed by atoms with van der Waals surface area (Å²) in [6.07, 6.45) is 1.66. The van der Waals surface area contributed by atoms with Crippen LogP contribution in [0.1, 0.15) is 18.1 Å². The van der Waals surface area contributed by atoms with Gasteiger partial charge in [0.15, 0.2) is 16.6 Å². The molecule has 8 nitrogen and oxygen atoms in total. The molecule has 1 aliphatic rings. The highest BCUT2D eigenvalue weighted by Gasteiger charge is 2.40. The molecule has 0 aliphatic carbocycles. The molecule has 3 aromatic carbocycles. The Morgan fingerprint density at radius 1 is 1.00 bits per heavy atom. The molecule has 40 heavy (non-hydrogen) atoms. The average Bonchev–Trinajstić information content (AvgIpc) is 3.17. The molecule has 0 unspecified atom stereocenters. The van der Waals surface area contributed by atoms with Crippen molar-refractivity contribution >= 4 is 72.8 Å². The number of nitrogens with zero attached hydrogens (tertiary/aromatic N) is 2. The van der Waals surface area contributed by atoms with Gasteiger partial charge in [-0.25, -0.2) is 0 Å². The van der Waals surface area contributed by atoms with Crippen LogP contribution in [0.2, 0.25) is 0 Å². The Hall–Kier alpha value is -3.41. The Balaban J connectivity index is 1.70. The topological polar surface area (TPSA) is 77.5 Å². The molecule has 1 aliphatic heterocycles. The summed E-state index contributed by atoms with van der Waals surface area (Å²) < 4.78 is 23.7. The Kier molecular flexibility index (Phi) is 9.83. The van der Waals surface area contributed by atoms with Gasteiger partial charge in [0.1, 0.15) is 24.6 Å². The molecule has 0 radical (unpaired) electrons. The highest BCUT2D eigenvalue weighted by atomic mass is 79.9. The molecule has 0 N–H and O–H groups in total. The van der Waals surface area contributed by atoms with Gasteiger partial charge in [-0.1, -0.05) is 28.1 Å². The van der Waals surface area contributed by atoms with Gasteiger partial charge in [-0.2, -0.15) is 0 Å². The second-order valence-electron chi connectivity index (χ2n) is 8.49. The lowest BCUT2D eigenvalue weighted by Gasteiger charge is -2.19. The molecular weight excluding hydrogens is 664 g/mol. The first-order chi connectivity index (χ1) is 19.2. The standard InChI is InChI=1S/C29H26Br2N2O6S/c1-4-38-25-15-19(13-23(31)27(25)39-17-18-5-7-20(30)8-6-18)14-24-28(35)33(21-9-11-22(36-2)12-10-21)29(40)32(24)16-26(34)37-3/h5-15H,4,16-17H2,1-3H3/b24-14-. The Labute approximate surface area is 254 Å². The van der Waals surface area contributed by atoms with Crippen LogP contribution in [0.5, 0.6) is 17.2 Å². The first-order valence-corrected chi connectivity index (χ1v) is 14.2. The number of anilines is 1. The predicted molar refractivity (Wildman–Crippen MR) is 164 cm³/mol. The summed E-state index contributed by atoms with van der Waals surface area (Å²) in [5.41, 5.74) is 2.39. The van der Waals surface area contributed by atoms with Crippen molar-refractivity contribution in [2.45, 2.75) is 13.5 Å². The maximum absolute atomic E-state index is 13.7. The first kappa shape index (κ1) is 29.6. The SMILES string of the molecule is CCOc1cc(/C=C2/C(=O)N(c3ccc(OC)cc3)C(=S)N2CC(=O)OC)cc(Br)c1OCc1ccc(Br)cc1. The molecule has 4 rings (SSSR count). The van der Waals surface area contributed by atoms with Crippen molar-refractivity contribution in [3.8, 4) is 17.2 Å². The zero-order chi connectivity index (χ0) is 28.8. The molecule has 1 heterocycles. The van der Waals surface area contributed by atoms with Crippen molar-refractivity contribution < 1.29 is 28.5 Å². The van der Waals surface area contributed by atoms with Crippen LogP contribution in [0.4, 0.5) is 5.69 Å². The van der Waals surface area contributed by atoms with E-state index in [0.29, 0.717) is 46.2 Å². The van der Waals surface area contributed by atoms with Crippen LogP contribution in [0.15, 0.2) is 75.3 Å². The fourth-order valence-electron chi connectivity index (χ4n) is 3.95. The molecule has 0 spiro atoms. The van der Waals surface area contributed by atoms with Gasteiger partial charge in [0.2, 0.25) is 0 Å². The summed E-state index contributed by atoms with van der Waals surface area (Å²) in [4.78, 5) is 28.8. The molecule has 3 aromatic rings. The monoisotopic (exact) mass is 688 g/mol. The zero-order valence-electron chi connectivity index (χ0n) is 22.0. The Bertz CT molecular complexity index is 1440. The number of methoxy groups -OCH3 is 2. The summed E-state index contributed by atoms with van der Waals surface area (Å²) in [7, 11) is 2.84. The Morgan fingerprint density at radius 2 is 1.70 bits per heavy atom. The summed E-state index contributed by atoms with van der Waals surface area (Å²) in [5.74, 6) is 0.750. The molecule has 0 bridgehead atoms. The molecule has 0 saturated carbocycles. The van der Waals surface area contributed by atoms with Crippen LogP contribution in [0.3, 0.4) is 0 Å². The number of amides is 1. The van der Waals surface area contributed by atoms with Crippen molar-refractivity contribution in [2.75, 3.05) is 32.3 Å². The summed E-state index contributed by atoms with van der Waals surface area (Å²) in [5, 5.41) is 0.158. The molecular formula is C29H26Br2N2O6S. The van der Waals surface area contributed by atoms with Crippen LogP contribution in [-0.4, -0.2) is 49.3 Å². The van der Waals surface area contributed by atoms with Crippen molar-refractivity contribution in [3.05, 3.63) is 86.4 Å². The van der Waals surface area contributed by atoms with Crippen LogP contribution in [0, 0.1) is 0 Å². The number of esters is 1. The molecule has 1 fully saturated rings. The average molecular weight is 690 g/mol. The first-order valence-electron chi connectivity index (χ1n) is 12.2. The van der Waals surface area contributed by atoms with Crippen molar-refractivity contribution in [3.63, 3.8) is 0 Å². The van der Waals surface area contributed by atoms with E-state index in [9.17, 15) is 9.59 Å². The van der Waals surface area contributed by atoms with Gasteiger partial charge in [0, 0.05) is 4.47 Å². The van der Waals surface area contributed by atoms with Gasteiger partial charge in [-0.3, -0.25) is 14.5 Å². The zero-order valence-corrected chi connectivity index (χ0v) is 26.0. The highest BCUT2D eigenvalue weighted by molar-refractivity contribution is 9.10. The van der Waals surface area contributed by atoms with Crippen molar-refractivity contribution in [1.29, 1.82) is 0 Å². The lowest BCUT2D eigenvalue weighted by atomic mass is 10.1. The molecule has 11 heteroatoms. The largest absolute Gasteiger partial charge is 0.497 e. The maximum atomic E-state index is 13.7. The molecule has 1 amide bonds. The minimum absolute atomic E-state index is 0.158. The second-order valence-corrected chi connectivity index (χ2v) is 10.6. The van der Waals surface area contributed by atoms with Crippen molar-refractivity contribution in [1.82, 2.24) is 4.90 Å². The van der Waals surface area contributed by atoms with E-state index < -0.39 is 5.97 Å². The van der Waals surface area contributed by atoms with E-state index in [0.717, 1.165) is 10.0 Å². The van der Waals surface area contributed by atoms with Crippen LogP contribution >= 0.6 is 44.1 Å². The number of rotatable bonds is 10. The minimum Gasteiger partial charge on any atom is -0.497 e. The van der Waals surface area contributed by atoms with Crippen molar-refractivity contribution in [2.24, 2.45) is 0 Å². The van der Waals surface area contributed by atoms with Crippen LogP contribution < -0.4 is 19.1 Å². The lowest BCUT2D eigenvalue weighted by molar-refractivity contribution is -0.140. The highest BCUT2D eigenvalue weighted by Crippen LogP contribution is 2.39. The maximum Gasteiger partial charge on any atom is 0.325 e. The summed E-state index contributed by atoms with van der Waals surface area (Å²) in [6, 6.07) is 18.3. The third kappa shape index (κ3) is 6.65. The van der Waals surface area contributed by atoms with E-state index in [1.165, 1.54) is 16.9 Å². The van der Waals surface area contributed by atoms with Gasteiger partial charge in [-0.05, 0) is 101 Å². The fraction of sp³-hybridized carbons (Fsp3) is 0.207. The van der Waals surface area contributed by atoms with Gasteiger partial charge in [0.05, 0.1) is 31.0 Å². The van der Waals surface area contributed by atoms with Gasteiger partial charge >= 0.3 is 5.97 Å². The van der Waals surface area contributed by atoms with E-state index in [-0.39, 0.29) is 23.3 Å². The number of carbonyl (C=O) groups excluding carboxylic acids is 2. The quantitative estimate of drug-likeness (QED) is 0.139. The van der Waals surface area contributed by atoms with Crippen LogP contribution in [-0.2, 0) is 20.9 Å². The number of halogens is 2. The second kappa shape index (κ2) is 13.3.